The number of hydrogen-bond acceptors (Lipinski definition) is 4. The Labute approximate surface area is 141 Å². The average Bonchev–Trinajstić information content (AvgIpc) is 2.51. The number of nitrogens with one attached hydrogen (secondary N) is 1. The van der Waals surface area contributed by atoms with Gasteiger partial charge in [0.1, 0.15) is 22.9 Å². The second kappa shape index (κ2) is 8.16. The average molecular weight is 362 g/mol. The monoisotopic (exact) mass is 361 g/mol. The highest BCUT2D eigenvalue weighted by molar-refractivity contribution is 7.90. The normalized spacial score (nSPS) is 11.7. The molecule has 0 spiro atoms. The van der Waals surface area contributed by atoms with Gasteiger partial charge < -0.3 is 15.3 Å². The number of alkyl halides is 1. The van der Waals surface area contributed by atoms with Gasteiger partial charge in [-0.3, -0.25) is 4.79 Å². The minimum absolute atomic E-state index is 0.0227. The second-order valence-corrected chi connectivity index (χ2v) is 6.89. The van der Waals surface area contributed by atoms with Crippen LogP contribution in [0.5, 0.6) is 5.75 Å². The predicted octanol–water partition coefficient (Wildman–Crippen LogP) is 1.09. The predicted molar refractivity (Wildman–Crippen MR) is 89.4 cm³/mol. The number of carbonyl (C=O) groups is 1. The Morgan fingerprint density at radius 2 is 2.09 bits per heavy atom. The first-order valence-electron chi connectivity index (χ1n) is 6.85. The molecule has 7 nitrogen and oxygen atoms in total. The fourth-order valence-corrected chi connectivity index (χ4v) is 2.91. The lowest BCUT2D eigenvalue weighted by Gasteiger charge is -2.12. The molecule has 0 aromatic heterocycles. The summed E-state index contributed by atoms with van der Waals surface area (Å²) in [6.45, 7) is 1.83. The lowest BCUT2D eigenvalue weighted by molar-refractivity contribution is -0.118. The van der Waals surface area contributed by atoms with Crippen LogP contribution in [0.15, 0.2) is 21.4 Å². The van der Waals surface area contributed by atoms with Crippen molar-refractivity contribution in [1.29, 1.82) is 0 Å². The maximum absolute atomic E-state index is 12.3. The number of phenolic OH excluding ortho intramolecular Hbond substituents is 1. The van der Waals surface area contributed by atoms with E-state index < -0.39 is 21.7 Å². The van der Waals surface area contributed by atoms with Gasteiger partial charge in [0.15, 0.2) is 0 Å². The molecule has 0 unspecified atom stereocenters. The largest absolute Gasteiger partial charge is 0.506 e. The molecule has 1 aromatic carbocycles. The van der Waals surface area contributed by atoms with Crippen molar-refractivity contribution in [2.75, 3.05) is 20.0 Å². The summed E-state index contributed by atoms with van der Waals surface area (Å²) >= 11 is 5.40. The third-order valence-corrected chi connectivity index (χ3v) is 4.40. The fraction of sp³-hybridized carbons (Fsp3) is 0.429. The quantitative estimate of drug-likeness (QED) is 0.430. The van der Waals surface area contributed by atoms with Crippen molar-refractivity contribution in [3.05, 3.63) is 23.3 Å². The highest BCUT2D eigenvalue weighted by atomic mass is 35.5. The summed E-state index contributed by atoms with van der Waals surface area (Å²) in [6, 6.07) is 3.02. The van der Waals surface area contributed by atoms with Crippen molar-refractivity contribution in [2.24, 2.45) is 4.40 Å². The molecule has 0 aliphatic heterocycles. The summed E-state index contributed by atoms with van der Waals surface area (Å²) in [5.74, 6) is -1.05. The summed E-state index contributed by atoms with van der Waals surface area (Å²) in [7, 11) is -0.779. The number of halogens is 1. The molecule has 0 atom stereocenters. The molecule has 0 radical (unpaired) electrons. The summed E-state index contributed by atoms with van der Waals surface area (Å²) in [6.07, 6.45) is 1.71. The molecular formula is C14H20ClN3O4S. The van der Waals surface area contributed by atoms with Crippen molar-refractivity contribution in [3.8, 4) is 5.75 Å². The maximum atomic E-state index is 12.3. The van der Waals surface area contributed by atoms with Gasteiger partial charge in [-0.25, -0.2) is 0 Å². The first-order chi connectivity index (χ1) is 10.7. The van der Waals surface area contributed by atoms with E-state index in [2.05, 4.69) is 9.71 Å². The maximum Gasteiger partial charge on any atom is 0.287 e. The Hall–Kier alpha value is -1.80. The molecule has 0 aliphatic carbocycles. The SMILES string of the molecule is CCc1cc(CNC(=O)CCl)c(O)c(S(=O)(=O)/N=C/N(C)C)c1. The van der Waals surface area contributed by atoms with Gasteiger partial charge in [-0.05, 0) is 18.1 Å². The van der Waals surface area contributed by atoms with E-state index in [0.29, 0.717) is 17.5 Å². The van der Waals surface area contributed by atoms with Crippen LogP contribution in [0.3, 0.4) is 0 Å². The smallest absolute Gasteiger partial charge is 0.287 e. The van der Waals surface area contributed by atoms with E-state index in [0.717, 1.165) is 6.34 Å². The number of phenols is 1. The third-order valence-electron chi connectivity index (χ3n) is 2.91. The number of carbonyl (C=O) groups excluding carboxylic acids is 1. The van der Waals surface area contributed by atoms with Crippen LogP contribution >= 0.6 is 11.6 Å². The van der Waals surface area contributed by atoms with Gasteiger partial charge in [0, 0.05) is 26.2 Å². The minimum Gasteiger partial charge on any atom is -0.506 e. The standard InChI is InChI=1S/C14H20ClN3O4S/c1-4-10-5-11(8-16-13(19)7-15)14(20)12(6-10)23(21,22)17-9-18(2)3/h5-6,9,20H,4,7-8H2,1-3H3,(H,16,19)/b17-9+. The second-order valence-electron chi connectivity index (χ2n) is 5.03. The van der Waals surface area contributed by atoms with Crippen LogP contribution in [0.4, 0.5) is 0 Å². The van der Waals surface area contributed by atoms with Crippen LogP contribution in [0.25, 0.3) is 0 Å². The van der Waals surface area contributed by atoms with Crippen molar-refractivity contribution in [2.45, 2.75) is 24.8 Å². The fourth-order valence-electron chi connectivity index (χ4n) is 1.72. The minimum atomic E-state index is -4.05. The van der Waals surface area contributed by atoms with E-state index in [9.17, 15) is 18.3 Å². The number of hydrogen-bond donors (Lipinski definition) is 2. The molecule has 0 fully saturated rings. The van der Waals surface area contributed by atoms with Gasteiger partial charge in [-0.15, -0.1) is 16.0 Å². The van der Waals surface area contributed by atoms with Crippen LogP contribution in [0.1, 0.15) is 18.1 Å². The molecule has 0 bridgehead atoms. The molecule has 1 amide bonds. The van der Waals surface area contributed by atoms with Crippen LogP contribution in [-0.4, -0.2) is 50.6 Å². The topological polar surface area (TPSA) is 99.1 Å². The van der Waals surface area contributed by atoms with Crippen LogP contribution < -0.4 is 5.32 Å². The van der Waals surface area contributed by atoms with E-state index in [4.69, 9.17) is 11.6 Å². The Bertz CT molecular complexity index is 702. The number of benzene rings is 1. The van der Waals surface area contributed by atoms with Crippen molar-refractivity contribution in [3.63, 3.8) is 0 Å². The van der Waals surface area contributed by atoms with E-state index in [-0.39, 0.29) is 17.3 Å². The van der Waals surface area contributed by atoms with Gasteiger partial charge in [0.2, 0.25) is 5.91 Å². The van der Waals surface area contributed by atoms with E-state index in [1.165, 1.54) is 11.0 Å². The molecule has 1 rings (SSSR count). The number of nitrogens with zero attached hydrogens (tertiary/aromatic N) is 2. The number of sulfonamides is 1. The number of rotatable bonds is 7. The lowest BCUT2D eigenvalue weighted by atomic mass is 10.1. The van der Waals surface area contributed by atoms with Crippen molar-refractivity contribution < 1.29 is 18.3 Å². The number of aryl methyl sites for hydroxylation is 1. The first-order valence-corrected chi connectivity index (χ1v) is 8.83. The van der Waals surface area contributed by atoms with Gasteiger partial charge in [0.05, 0.1) is 0 Å². The summed E-state index contributed by atoms with van der Waals surface area (Å²) in [4.78, 5) is 12.4. The van der Waals surface area contributed by atoms with Gasteiger partial charge >= 0.3 is 0 Å². The van der Waals surface area contributed by atoms with Gasteiger partial charge in [-0.2, -0.15) is 8.42 Å². The van der Waals surface area contributed by atoms with E-state index in [1.54, 1.807) is 20.2 Å². The summed E-state index contributed by atoms with van der Waals surface area (Å²) < 4.78 is 28.1. The molecule has 1 aromatic rings. The third kappa shape index (κ3) is 5.40. The zero-order valence-electron chi connectivity index (χ0n) is 13.2. The number of amides is 1. The molecule has 128 valence electrons. The zero-order chi connectivity index (χ0) is 17.6. The zero-order valence-corrected chi connectivity index (χ0v) is 14.8. The van der Waals surface area contributed by atoms with Crippen molar-refractivity contribution in [1.82, 2.24) is 10.2 Å². The molecule has 2 N–H and O–H groups in total. The molecule has 0 saturated heterocycles. The molecule has 9 heteroatoms. The first kappa shape index (κ1) is 19.2. The van der Waals surface area contributed by atoms with E-state index in [1.807, 2.05) is 6.92 Å². The Morgan fingerprint density at radius 1 is 1.43 bits per heavy atom. The number of aromatic hydroxyl groups is 1. The molecule has 0 saturated carbocycles. The molecule has 0 aliphatic rings. The van der Waals surface area contributed by atoms with Crippen LogP contribution in [0.2, 0.25) is 0 Å². The van der Waals surface area contributed by atoms with Crippen LogP contribution in [0, 0.1) is 0 Å². The Balaban J connectivity index is 3.29. The molecule has 0 heterocycles. The van der Waals surface area contributed by atoms with Gasteiger partial charge in [-0.1, -0.05) is 13.0 Å². The lowest BCUT2D eigenvalue weighted by Crippen LogP contribution is -2.24. The van der Waals surface area contributed by atoms with E-state index >= 15 is 0 Å². The Morgan fingerprint density at radius 3 is 2.61 bits per heavy atom. The summed E-state index contributed by atoms with van der Waals surface area (Å²) in [5, 5.41) is 12.7. The van der Waals surface area contributed by atoms with Crippen LogP contribution in [-0.2, 0) is 27.8 Å². The molecular weight excluding hydrogens is 342 g/mol. The summed E-state index contributed by atoms with van der Waals surface area (Å²) in [5.41, 5.74) is 0.998. The molecule has 23 heavy (non-hydrogen) atoms. The van der Waals surface area contributed by atoms with Gasteiger partial charge in [0.25, 0.3) is 10.0 Å². The highest BCUT2D eigenvalue weighted by Crippen LogP contribution is 2.30. The Kier molecular flexibility index (Phi) is 6.83. The highest BCUT2D eigenvalue weighted by Gasteiger charge is 2.21. The van der Waals surface area contributed by atoms with Crippen molar-refractivity contribution >= 4 is 33.9 Å².